The monoisotopic (exact) mass is 216 g/mol. The Morgan fingerprint density at radius 1 is 1.25 bits per heavy atom. The Hall–Kier alpha value is -1.84. The van der Waals surface area contributed by atoms with Crippen LogP contribution >= 0.6 is 0 Å². The average molecular weight is 216 g/mol. The minimum absolute atomic E-state index is 0.112. The third-order valence-electron chi connectivity index (χ3n) is 2.83. The molecule has 2 aromatic rings. The van der Waals surface area contributed by atoms with Gasteiger partial charge in [0.2, 0.25) is 5.89 Å². The van der Waals surface area contributed by atoms with Gasteiger partial charge in [-0.2, -0.15) is 0 Å². The second-order valence-corrected chi connectivity index (χ2v) is 3.97. The molecule has 0 saturated heterocycles. The summed E-state index contributed by atoms with van der Waals surface area (Å²) in [7, 11) is 0. The highest BCUT2D eigenvalue weighted by Crippen LogP contribution is 2.30. The van der Waals surface area contributed by atoms with Crippen LogP contribution in [0.5, 0.6) is 5.75 Å². The average Bonchev–Trinajstić information content (AvgIpc) is 2.73. The van der Waals surface area contributed by atoms with Crippen molar-refractivity contribution >= 4 is 0 Å². The maximum absolute atomic E-state index is 9.66. The molecule has 3 rings (SSSR count). The minimum Gasteiger partial charge on any atom is -0.505 e. The molecular formula is C12H12N2O2. The zero-order chi connectivity index (χ0) is 11.0. The van der Waals surface area contributed by atoms with E-state index in [1.807, 2.05) is 0 Å². The van der Waals surface area contributed by atoms with Gasteiger partial charge >= 0.3 is 0 Å². The lowest BCUT2D eigenvalue weighted by molar-refractivity contribution is 0.461. The van der Waals surface area contributed by atoms with Crippen molar-refractivity contribution in [1.29, 1.82) is 0 Å². The van der Waals surface area contributed by atoms with Gasteiger partial charge in [-0.1, -0.05) is 0 Å². The van der Waals surface area contributed by atoms with Crippen LogP contribution < -0.4 is 0 Å². The Balaban J connectivity index is 2.07. The molecule has 0 aromatic carbocycles. The molecule has 4 heteroatoms. The molecule has 0 fully saturated rings. The lowest BCUT2D eigenvalue weighted by atomic mass is 10.0. The number of nitrogens with zero attached hydrogens (tertiary/aromatic N) is 2. The van der Waals surface area contributed by atoms with Crippen LogP contribution in [0.1, 0.15) is 24.3 Å². The van der Waals surface area contributed by atoms with Gasteiger partial charge in [0.05, 0.1) is 5.69 Å². The first-order valence-corrected chi connectivity index (χ1v) is 5.47. The highest BCUT2D eigenvalue weighted by atomic mass is 16.4. The van der Waals surface area contributed by atoms with Gasteiger partial charge in [-0.3, -0.25) is 0 Å². The highest BCUT2D eigenvalue weighted by Gasteiger charge is 2.19. The number of hydrogen-bond acceptors (Lipinski definition) is 4. The number of aryl methyl sites for hydroxylation is 2. The van der Waals surface area contributed by atoms with Gasteiger partial charge < -0.3 is 9.52 Å². The molecule has 0 aliphatic heterocycles. The van der Waals surface area contributed by atoms with Gasteiger partial charge in [0, 0.05) is 12.6 Å². The van der Waals surface area contributed by atoms with Gasteiger partial charge in [-0.25, -0.2) is 9.97 Å². The van der Waals surface area contributed by atoms with Crippen LogP contribution in [-0.2, 0) is 12.8 Å². The number of fused-ring (bicyclic) bond motifs is 1. The lowest BCUT2D eigenvalue weighted by Crippen LogP contribution is -1.99. The second kappa shape index (κ2) is 3.63. The van der Waals surface area contributed by atoms with E-state index < -0.39 is 0 Å². The van der Waals surface area contributed by atoms with E-state index in [2.05, 4.69) is 9.97 Å². The molecule has 2 heterocycles. The summed E-state index contributed by atoms with van der Waals surface area (Å²) in [6.07, 6.45) is 5.84. The van der Waals surface area contributed by atoms with Crippen LogP contribution in [0.15, 0.2) is 22.7 Å². The summed E-state index contributed by atoms with van der Waals surface area (Å²) in [6.45, 7) is 0. The summed E-state index contributed by atoms with van der Waals surface area (Å²) in [5, 5.41) is 9.66. The predicted octanol–water partition coefficient (Wildman–Crippen LogP) is 2.32. The SMILES string of the molecule is Oc1cccnc1-c1nc2c(o1)CCCC2. The van der Waals surface area contributed by atoms with Gasteiger partial charge in [0.15, 0.2) is 5.69 Å². The van der Waals surface area contributed by atoms with Crippen molar-refractivity contribution in [3.05, 3.63) is 29.8 Å². The van der Waals surface area contributed by atoms with Crippen molar-refractivity contribution in [2.24, 2.45) is 0 Å². The Bertz CT molecular complexity index is 496. The van der Waals surface area contributed by atoms with Crippen LogP contribution in [0.2, 0.25) is 0 Å². The third-order valence-corrected chi connectivity index (χ3v) is 2.83. The summed E-state index contributed by atoms with van der Waals surface area (Å²) < 4.78 is 5.64. The van der Waals surface area contributed by atoms with E-state index in [0.29, 0.717) is 11.6 Å². The molecule has 1 aliphatic carbocycles. The van der Waals surface area contributed by atoms with Crippen molar-refractivity contribution in [1.82, 2.24) is 9.97 Å². The van der Waals surface area contributed by atoms with Crippen molar-refractivity contribution < 1.29 is 9.52 Å². The van der Waals surface area contributed by atoms with Gasteiger partial charge in [-0.15, -0.1) is 0 Å². The summed E-state index contributed by atoms with van der Waals surface area (Å²) in [5.74, 6) is 1.50. The number of aromatic hydroxyl groups is 1. The molecule has 0 atom stereocenters. The maximum atomic E-state index is 9.66. The maximum Gasteiger partial charge on any atom is 0.249 e. The summed E-state index contributed by atoms with van der Waals surface area (Å²) in [4.78, 5) is 8.48. The zero-order valence-corrected chi connectivity index (χ0v) is 8.81. The number of oxazole rings is 1. The van der Waals surface area contributed by atoms with Crippen LogP contribution in [0.25, 0.3) is 11.6 Å². The first-order valence-electron chi connectivity index (χ1n) is 5.47. The first kappa shape index (κ1) is 9.39. The number of pyridine rings is 1. The second-order valence-electron chi connectivity index (χ2n) is 3.97. The van der Waals surface area contributed by atoms with Crippen molar-refractivity contribution in [2.75, 3.05) is 0 Å². The van der Waals surface area contributed by atoms with Gasteiger partial charge in [0.25, 0.3) is 0 Å². The fourth-order valence-electron chi connectivity index (χ4n) is 2.01. The van der Waals surface area contributed by atoms with Crippen LogP contribution in [0.3, 0.4) is 0 Å². The third kappa shape index (κ3) is 1.46. The fraction of sp³-hybridized carbons (Fsp3) is 0.333. The van der Waals surface area contributed by atoms with Crippen LogP contribution in [0, 0.1) is 0 Å². The summed E-state index contributed by atoms with van der Waals surface area (Å²) in [5.41, 5.74) is 1.45. The van der Waals surface area contributed by atoms with E-state index in [9.17, 15) is 5.11 Å². The lowest BCUT2D eigenvalue weighted by Gasteiger charge is -2.05. The molecule has 1 aliphatic rings. The molecule has 4 nitrogen and oxygen atoms in total. The fourth-order valence-corrected chi connectivity index (χ4v) is 2.01. The molecule has 0 unspecified atom stereocenters. The van der Waals surface area contributed by atoms with Crippen molar-refractivity contribution in [3.63, 3.8) is 0 Å². The standard InChI is InChI=1S/C12H12N2O2/c15-9-5-3-7-13-11(9)12-14-8-4-1-2-6-10(8)16-12/h3,5,7,15H,1-2,4,6H2. The molecule has 1 N–H and O–H groups in total. The zero-order valence-electron chi connectivity index (χ0n) is 8.81. The first-order chi connectivity index (χ1) is 7.84. The molecule has 0 radical (unpaired) electrons. The summed E-state index contributed by atoms with van der Waals surface area (Å²) in [6, 6.07) is 3.27. The summed E-state index contributed by atoms with van der Waals surface area (Å²) >= 11 is 0. The van der Waals surface area contributed by atoms with E-state index >= 15 is 0 Å². The van der Waals surface area contributed by atoms with Crippen LogP contribution in [-0.4, -0.2) is 15.1 Å². The molecule has 0 bridgehead atoms. The van der Waals surface area contributed by atoms with E-state index in [1.165, 1.54) is 0 Å². The van der Waals surface area contributed by atoms with E-state index in [0.717, 1.165) is 37.1 Å². The number of aromatic nitrogens is 2. The Morgan fingerprint density at radius 3 is 2.94 bits per heavy atom. The number of hydrogen-bond donors (Lipinski definition) is 1. The van der Waals surface area contributed by atoms with E-state index in [-0.39, 0.29) is 5.75 Å². The topological polar surface area (TPSA) is 59.2 Å². The molecule has 0 saturated carbocycles. The van der Waals surface area contributed by atoms with Crippen LogP contribution in [0.4, 0.5) is 0 Å². The van der Waals surface area contributed by atoms with Crippen molar-refractivity contribution in [3.8, 4) is 17.3 Å². The quantitative estimate of drug-likeness (QED) is 0.794. The Labute approximate surface area is 93.0 Å². The Morgan fingerprint density at radius 2 is 2.12 bits per heavy atom. The van der Waals surface area contributed by atoms with Gasteiger partial charge in [-0.05, 0) is 31.4 Å². The molecule has 16 heavy (non-hydrogen) atoms. The molecule has 0 amide bonds. The molecular weight excluding hydrogens is 204 g/mol. The molecule has 0 spiro atoms. The largest absolute Gasteiger partial charge is 0.505 e. The van der Waals surface area contributed by atoms with Gasteiger partial charge in [0.1, 0.15) is 11.5 Å². The predicted molar refractivity (Wildman–Crippen MR) is 58.0 cm³/mol. The molecule has 2 aromatic heterocycles. The minimum atomic E-state index is 0.112. The molecule has 82 valence electrons. The van der Waals surface area contributed by atoms with Crippen molar-refractivity contribution in [2.45, 2.75) is 25.7 Å². The Kier molecular flexibility index (Phi) is 2.13. The van der Waals surface area contributed by atoms with E-state index in [4.69, 9.17) is 4.42 Å². The smallest absolute Gasteiger partial charge is 0.249 e. The normalized spacial score (nSPS) is 14.8. The highest BCUT2D eigenvalue weighted by molar-refractivity contribution is 5.56. The number of rotatable bonds is 1. The van der Waals surface area contributed by atoms with E-state index in [1.54, 1.807) is 18.3 Å².